The number of nitrogens with zero attached hydrogens (tertiary/aromatic N) is 4. The number of fused-ring (bicyclic) bond motifs is 1. The summed E-state index contributed by atoms with van der Waals surface area (Å²) in [7, 11) is 0. The summed E-state index contributed by atoms with van der Waals surface area (Å²) in [6, 6.07) is 1.59. The van der Waals surface area contributed by atoms with E-state index in [1.165, 1.54) is 0 Å². The first-order valence-corrected chi connectivity index (χ1v) is 8.18. The number of carbonyl (C=O) groups excluding carboxylic acids is 1. The van der Waals surface area contributed by atoms with Gasteiger partial charge in [-0.15, -0.1) is 0 Å². The second-order valence-electron chi connectivity index (χ2n) is 6.32. The predicted octanol–water partition coefficient (Wildman–Crippen LogP) is 2.08. The highest BCUT2D eigenvalue weighted by molar-refractivity contribution is 6.06. The van der Waals surface area contributed by atoms with Gasteiger partial charge in [0.2, 0.25) is 0 Å². The Morgan fingerprint density at radius 3 is 2.96 bits per heavy atom. The number of rotatable bonds is 2. The van der Waals surface area contributed by atoms with E-state index in [9.17, 15) is 4.79 Å². The number of morpholine rings is 1. The fourth-order valence-corrected chi connectivity index (χ4v) is 3.32. The van der Waals surface area contributed by atoms with Crippen molar-refractivity contribution in [1.82, 2.24) is 25.2 Å². The molecular weight excluding hydrogens is 322 g/mol. The van der Waals surface area contributed by atoms with Crippen molar-refractivity contribution >= 4 is 17.0 Å². The van der Waals surface area contributed by atoms with Crippen molar-refractivity contribution in [3.8, 4) is 0 Å². The van der Waals surface area contributed by atoms with Crippen molar-refractivity contribution in [3.05, 3.63) is 40.5 Å². The van der Waals surface area contributed by atoms with Crippen LogP contribution in [0.3, 0.4) is 0 Å². The van der Waals surface area contributed by atoms with Crippen LogP contribution in [0.2, 0.25) is 0 Å². The molecule has 4 rings (SSSR count). The Morgan fingerprint density at radius 2 is 2.20 bits per heavy atom. The topological polar surface area (TPSA) is 97.1 Å². The molecule has 0 spiro atoms. The summed E-state index contributed by atoms with van der Waals surface area (Å²) < 4.78 is 10.9. The maximum Gasteiger partial charge on any atom is 0.258 e. The first-order valence-electron chi connectivity index (χ1n) is 8.18. The normalized spacial score (nSPS) is 18.0. The fourth-order valence-electron chi connectivity index (χ4n) is 3.32. The van der Waals surface area contributed by atoms with Gasteiger partial charge in [-0.2, -0.15) is 5.10 Å². The van der Waals surface area contributed by atoms with Gasteiger partial charge in [0.25, 0.3) is 11.6 Å². The molecule has 3 aromatic rings. The number of aromatic amines is 1. The van der Waals surface area contributed by atoms with Crippen LogP contribution in [0.25, 0.3) is 11.1 Å². The molecule has 8 nitrogen and oxygen atoms in total. The molecule has 0 saturated carbocycles. The van der Waals surface area contributed by atoms with E-state index in [1.807, 2.05) is 25.7 Å². The van der Waals surface area contributed by atoms with Crippen LogP contribution < -0.4 is 0 Å². The van der Waals surface area contributed by atoms with Gasteiger partial charge in [0.05, 0.1) is 47.8 Å². The third kappa shape index (κ3) is 2.58. The summed E-state index contributed by atoms with van der Waals surface area (Å²) in [6.45, 7) is 7.07. The number of pyridine rings is 1. The molecule has 130 valence electrons. The molecule has 1 aliphatic heterocycles. The molecule has 25 heavy (non-hydrogen) atoms. The quantitative estimate of drug-likeness (QED) is 0.766. The summed E-state index contributed by atoms with van der Waals surface area (Å²) in [5.41, 5.74) is 4.24. The highest BCUT2D eigenvalue weighted by atomic mass is 16.5. The molecule has 0 bridgehead atoms. The highest BCUT2D eigenvalue weighted by Gasteiger charge is 2.33. The number of aromatic nitrogens is 4. The summed E-state index contributed by atoms with van der Waals surface area (Å²) >= 11 is 0. The molecule has 0 radical (unpaired) electrons. The standard InChI is InChI=1S/C17H19N5O3/c1-9-7-18-20-15(9)13-8-24-5-4-22(13)17(23)12-6-10(2)19-16-14(12)11(3)21-25-16/h6-7,13H,4-5,8H2,1-3H3,(H,18,20)/t13-/m0/s1. The molecule has 3 aromatic heterocycles. The van der Waals surface area contributed by atoms with Gasteiger partial charge >= 0.3 is 0 Å². The number of amides is 1. The number of hydrogen-bond donors (Lipinski definition) is 1. The zero-order chi connectivity index (χ0) is 17.6. The molecule has 1 amide bonds. The minimum absolute atomic E-state index is 0.0795. The Kier molecular flexibility index (Phi) is 3.76. The lowest BCUT2D eigenvalue weighted by molar-refractivity contribution is -0.00398. The highest BCUT2D eigenvalue weighted by Crippen LogP contribution is 2.29. The first kappa shape index (κ1) is 15.8. The summed E-state index contributed by atoms with van der Waals surface area (Å²) in [5, 5.41) is 11.7. The number of H-pyrrole nitrogens is 1. The number of nitrogens with one attached hydrogen (secondary N) is 1. The lowest BCUT2D eigenvalue weighted by Crippen LogP contribution is -2.44. The average molecular weight is 341 g/mol. The lowest BCUT2D eigenvalue weighted by atomic mass is 10.0. The van der Waals surface area contributed by atoms with Gasteiger partial charge in [-0.25, -0.2) is 4.98 Å². The molecule has 8 heteroatoms. The molecule has 0 aliphatic carbocycles. The van der Waals surface area contributed by atoms with E-state index in [0.29, 0.717) is 42.1 Å². The Morgan fingerprint density at radius 1 is 1.36 bits per heavy atom. The van der Waals surface area contributed by atoms with Crippen molar-refractivity contribution in [2.75, 3.05) is 19.8 Å². The molecule has 0 aromatic carbocycles. The van der Waals surface area contributed by atoms with E-state index in [0.717, 1.165) is 17.0 Å². The van der Waals surface area contributed by atoms with Crippen LogP contribution in [0.15, 0.2) is 16.8 Å². The zero-order valence-electron chi connectivity index (χ0n) is 14.4. The van der Waals surface area contributed by atoms with Crippen molar-refractivity contribution < 1.29 is 14.1 Å². The van der Waals surface area contributed by atoms with Crippen LogP contribution in [-0.2, 0) is 4.74 Å². The second kappa shape index (κ2) is 5.96. The number of carbonyl (C=O) groups is 1. The first-order chi connectivity index (χ1) is 12.1. The van der Waals surface area contributed by atoms with Gasteiger partial charge in [0.15, 0.2) is 0 Å². The smallest absolute Gasteiger partial charge is 0.258 e. The maximum atomic E-state index is 13.4. The Labute approximate surface area is 144 Å². The summed E-state index contributed by atoms with van der Waals surface area (Å²) in [4.78, 5) is 19.5. The van der Waals surface area contributed by atoms with Crippen molar-refractivity contribution in [3.63, 3.8) is 0 Å². The lowest BCUT2D eigenvalue weighted by Gasteiger charge is -2.35. The van der Waals surface area contributed by atoms with Gasteiger partial charge in [-0.05, 0) is 32.4 Å². The van der Waals surface area contributed by atoms with Crippen molar-refractivity contribution in [2.45, 2.75) is 26.8 Å². The molecule has 4 heterocycles. The summed E-state index contributed by atoms with van der Waals surface area (Å²) in [5.74, 6) is -0.0795. The van der Waals surface area contributed by atoms with Crippen LogP contribution in [0.4, 0.5) is 0 Å². The maximum absolute atomic E-state index is 13.4. The van der Waals surface area contributed by atoms with E-state index in [-0.39, 0.29) is 11.9 Å². The molecular formula is C17H19N5O3. The van der Waals surface area contributed by atoms with Crippen molar-refractivity contribution in [2.24, 2.45) is 0 Å². The molecule has 1 aliphatic rings. The third-order valence-electron chi connectivity index (χ3n) is 4.57. The van der Waals surface area contributed by atoms with Crippen LogP contribution >= 0.6 is 0 Å². The monoisotopic (exact) mass is 341 g/mol. The Balaban J connectivity index is 1.79. The van der Waals surface area contributed by atoms with Crippen molar-refractivity contribution in [1.29, 1.82) is 0 Å². The SMILES string of the molecule is Cc1cc(C(=O)N2CCOC[C@H]2c2[nH]ncc2C)c2c(C)noc2n1. The van der Waals surface area contributed by atoms with Gasteiger partial charge in [0.1, 0.15) is 0 Å². The third-order valence-corrected chi connectivity index (χ3v) is 4.57. The van der Waals surface area contributed by atoms with Crippen LogP contribution in [0.5, 0.6) is 0 Å². The van der Waals surface area contributed by atoms with Crippen LogP contribution in [0.1, 0.15) is 39.0 Å². The van der Waals surface area contributed by atoms with E-state index in [2.05, 4.69) is 20.3 Å². The largest absolute Gasteiger partial charge is 0.377 e. The molecule has 1 atom stereocenters. The molecule has 1 N–H and O–H groups in total. The van der Waals surface area contributed by atoms with Gasteiger partial charge in [0, 0.05) is 12.2 Å². The van der Waals surface area contributed by atoms with Crippen LogP contribution in [-0.4, -0.2) is 50.9 Å². The van der Waals surface area contributed by atoms with E-state index >= 15 is 0 Å². The molecule has 1 fully saturated rings. The van der Waals surface area contributed by atoms with E-state index < -0.39 is 0 Å². The van der Waals surface area contributed by atoms with E-state index in [1.54, 1.807) is 12.3 Å². The number of hydrogen-bond acceptors (Lipinski definition) is 6. The van der Waals surface area contributed by atoms with E-state index in [4.69, 9.17) is 9.26 Å². The van der Waals surface area contributed by atoms with Gasteiger partial charge in [-0.3, -0.25) is 9.89 Å². The molecule has 0 unspecified atom stereocenters. The number of aryl methyl sites for hydroxylation is 3. The number of ether oxygens (including phenoxy) is 1. The minimum Gasteiger partial charge on any atom is -0.377 e. The van der Waals surface area contributed by atoms with Gasteiger partial charge in [-0.1, -0.05) is 5.16 Å². The van der Waals surface area contributed by atoms with Crippen LogP contribution in [0, 0.1) is 20.8 Å². The minimum atomic E-state index is -0.201. The predicted molar refractivity (Wildman–Crippen MR) is 89.2 cm³/mol. The Bertz CT molecular complexity index is 945. The Hall–Kier alpha value is -2.74. The fraction of sp³-hybridized carbons (Fsp3) is 0.412. The second-order valence-corrected chi connectivity index (χ2v) is 6.32. The zero-order valence-corrected chi connectivity index (χ0v) is 14.4. The average Bonchev–Trinajstić information content (AvgIpc) is 3.19. The molecule has 1 saturated heterocycles. The van der Waals surface area contributed by atoms with Gasteiger partial charge < -0.3 is 14.2 Å². The summed E-state index contributed by atoms with van der Waals surface area (Å²) in [6.07, 6.45) is 1.76.